The number of hydrogen-bond donors (Lipinski definition) is 2. The van der Waals surface area contributed by atoms with Gasteiger partial charge in [0.15, 0.2) is 11.5 Å². The van der Waals surface area contributed by atoms with Crippen LogP contribution >= 0.6 is 0 Å². The van der Waals surface area contributed by atoms with Crippen LogP contribution in [0.3, 0.4) is 0 Å². The van der Waals surface area contributed by atoms with Crippen LogP contribution in [0, 0.1) is 12.8 Å². The van der Waals surface area contributed by atoms with E-state index in [4.69, 9.17) is 14.2 Å². The number of ether oxygens (including phenoxy) is 3. The number of amides is 3. The number of aryl methyl sites for hydroxylation is 1. The Kier molecular flexibility index (Phi) is 8.43. The van der Waals surface area contributed by atoms with Crippen LogP contribution in [-0.4, -0.2) is 68.8 Å². The second kappa shape index (κ2) is 11.9. The Bertz CT molecular complexity index is 1100. The largest absolute Gasteiger partial charge is 0.454 e. The third-order valence-corrected chi connectivity index (χ3v) is 6.70. The summed E-state index contributed by atoms with van der Waals surface area (Å²) in [6.45, 7) is 4.01. The molecule has 9 heteroatoms. The molecular formula is C27H33N3O6. The van der Waals surface area contributed by atoms with Gasteiger partial charge in [-0.05, 0) is 61.9 Å². The van der Waals surface area contributed by atoms with Gasteiger partial charge in [0.2, 0.25) is 12.7 Å². The molecule has 2 heterocycles. The maximum absolute atomic E-state index is 13.1. The van der Waals surface area contributed by atoms with Crippen molar-refractivity contribution in [2.75, 3.05) is 40.1 Å². The Labute approximate surface area is 211 Å². The fraction of sp³-hybridized carbons (Fsp3) is 0.444. The van der Waals surface area contributed by atoms with Gasteiger partial charge in [0.1, 0.15) is 6.04 Å². The molecule has 9 nitrogen and oxygen atoms in total. The number of fused-ring (bicyclic) bond motifs is 1. The molecule has 192 valence electrons. The van der Waals surface area contributed by atoms with Crippen molar-refractivity contribution in [2.24, 2.45) is 5.92 Å². The van der Waals surface area contributed by atoms with Crippen LogP contribution in [0.1, 0.15) is 45.5 Å². The molecule has 0 radical (unpaired) electrons. The number of benzene rings is 2. The van der Waals surface area contributed by atoms with Gasteiger partial charge in [0.05, 0.1) is 0 Å². The minimum absolute atomic E-state index is 0.0868. The zero-order valence-electron chi connectivity index (χ0n) is 20.7. The van der Waals surface area contributed by atoms with Crippen molar-refractivity contribution >= 4 is 17.7 Å². The summed E-state index contributed by atoms with van der Waals surface area (Å²) < 4.78 is 15.8. The van der Waals surface area contributed by atoms with Crippen LogP contribution in [0.15, 0.2) is 42.5 Å². The van der Waals surface area contributed by atoms with Crippen LogP contribution < -0.4 is 20.1 Å². The zero-order valence-corrected chi connectivity index (χ0v) is 20.7. The Morgan fingerprint density at radius 2 is 1.83 bits per heavy atom. The third-order valence-electron chi connectivity index (χ3n) is 6.70. The van der Waals surface area contributed by atoms with Gasteiger partial charge in [-0.3, -0.25) is 14.4 Å². The van der Waals surface area contributed by atoms with E-state index in [2.05, 4.69) is 10.6 Å². The highest BCUT2D eigenvalue weighted by molar-refractivity contribution is 5.99. The monoisotopic (exact) mass is 495 g/mol. The van der Waals surface area contributed by atoms with E-state index in [1.165, 1.54) is 0 Å². The van der Waals surface area contributed by atoms with Crippen LogP contribution in [-0.2, 0) is 9.53 Å². The fourth-order valence-corrected chi connectivity index (χ4v) is 4.63. The Hall–Kier alpha value is -3.59. The summed E-state index contributed by atoms with van der Waals surface area (Å²) in [7, 11) is 1.62. The molecule has 2 N–H and O–H groups in total. The molecule has 2 aliphatic heterocycles. The number of carbonyl (C=O) groups excluding carboxylic acids is 3. The van der Waals surface area contributed by atoms with Crippen molar-refractivity contribution in [3.05, 3.63) is 59.2 Å². The van der Waals surface area contributed by atoms with E-state index < -0.39 is 6.04 Å². The number of nitrogens with zero attached hydrogens (tertiary/aromatic N) is 1. The number of carbonyl (C=O) groups is 3. The van der Waals surface area contributed by atoms with Gasteiger partial charge in [0.25, 0.3) is 11.8 Å². The number of likely N-dealkylation sites (tertiary alicyclic amines) is 1. The molecule has 2 aliphatic rings. The van der Waals surface area contributed by atoms with Gasteiger partial charge in [-0.1, -0.05) is 18.2 Å². The minimum atomic E-state index is -0.692. The molecule has 0 bridgehead atoms. The lowest BCUT2D eigenvalue weighted by Crippen LogP contribution is -2.54. The highest BCUT2D eigenvalue weighted by Crippen LogP contribution is 2.33. The van der Waals surface area contributed by atoms with E-state index in [9.17, 15) is 14.4 Å². The zero-order chi connectivity index (χ0) is 25.5. The predicted molar refractivity (Wildman–Crippen MR) is 133 cm³/mol. The van der Waals surface area contributed by atoms with Crippen molar-refractivity contribution in [3.8, 4) is 11.5 Å². The lowest BCUT2D eigenvalue weighted by molar-refractivity contribution is -0.124. The molecule has 36 heavy (non-hydrogen) atoms. The van der Waals surface area contributed by atoms with E-state index in [-0.39, 0.29) is 30.4 Å². The number of rotatable bonds is 9. The standard InChI is InChI=1S/C27H33N3O6/c1-18-6-3-4-7-21(18)25(31)29-24(26(32)28-12-5-15-34-2)19-10-13-30(14-11-19)27(33)20-8-9-22-23(16-20)36-17-35-22/h3-4,6-9,16,19,24H,5,10-15,17H2,1-2H3,(H,28,32)(H,29,31). The Morgan fingerprint density at radius 3 is 2.58 bits per heavy atom. The van der Waals surface area contributed by atoms with Crippen LogP contribution in [0.4, 0.5) is 0 Å². The van der Waals surface area contributed by atoms with Crippen LogP contribution in [0.25, 0.3) is 0 Å². The lowest BCUT2D eigenvalue weighted by atomic mass is 9.88. The van der Waals surface area contributed by atoms with Crippen molar-refractivity contribution in [1.82, 2.24) is 15.5 Å². The molecule has 0 aromatic heterocycles. The summed E-state index contributed by atoms with van der Waals surface area (Å²) in [4.78, 5) is 41.0. The Balaban J connectivity index is 1.41. The molecule has 1 unspecified atom stereocenters. The molecule has 0 spiro atoms. The lowest BCUT2D eigenvalue weighted by Gasteiger charge is -2.36. The third kappa shape index (κ3) is 5.96. The molecule has 4 rings (SSSR count). The first-order valence-electron chi connectivity index (χ1n) is 12.3. The second-order valence-electron chi connectivity index (χ2n) is 9.10. The summed E-state index contributed by atoms with van der Waals surface area (Å²) in [6.07, 6.45) is 1.88. The number of nitrogens with one attached hydrogen (secondary N) is 2. The number of piperidine rings is 1. The quantitative estimate of drug-likeness (QED) is 0.518. The number of methoxy groups -OCH3 is 1. The first-order chi connectivity index (χ1) is 17.5. The minimum Gasteiger partial charge on any atom is -0.454 e. The second-order valence-corrected chi connectivity index (χ2v) is 9.10. The van der Waals surface area contributed by atoms with Gasteiger partial charge in [-0.25, -0.2) is 0 Å². The van der Waals surface area contributed by atoms with E-state index >= 15 is 0 Å². The SMILES string of the molecule is COCCCNC(=O)C(NC(=O)c1ccccc1C)C1CCN(C(=O)c2ccc3c(c2)OCO3)CC1. The molecule has 1 saturated heterocycles. The summed E-state index contributed by atoms with van der Waals surface area (Å²) in [5.74, 6) is 0.531. The molecule has 0 aliphatic carbocycles. The summed E-state index contributed by atoms with van der Waals surface area (Å²) >= 11 is 0. The number of hydrogen-bond acceptors (Lipinski definition) is 6. The van der Waals surface area contributed by atoms with Gasteiger partial charge < -0.3 is 29.7 Å². The van der Waals surface area contributed by atoms with Crippen LogP contribution in [0.2, 0.25) is 0 Å². The molecule has 3 amide bonds. The molecular weight excluding hydrogens is 462 g/mol. The highest BCUT2D eigenvalue weighted by atomic mass is 16.7. The predicted octanol–water partition coefficient (Wildman–Crippen LogP) is 2.53. The van der Waals surface area contributed by atoms with Crippen molar-refractivity contribution in [3.63, 3.8) is 0 Å². The highest BCUT2D eigenvalue weighted by Gasteiger charge is 2.34. The first-order valence-corrected chi connectivity index (χ1v) is 12.3. The maximum atomic E-state index is 13.1. The first kappa shape index (κ1) is 25.5. The molecule has 2 aromatic rings. The average Bonchev–Trinajstić information content (AvgIpc) is 3.37. The van der Waals surface area contributed by atoms with Crippen molar-refractivity contribution in [2.45, 2.75) is 32.2 Å². The maximum Gasteiger partial charge on any atom is 0.253 e. The van der Waals surface area contributed by atoms with Crippen LogP contribution in [0.5, 0.6) is 11.5 Å². The fourth-order valence-electron chi connectivity index (χ4n) is 4.63. The van der Waals surface area contributed by atoms with Crippen molar-refractivity contribution < 1.29 is 28.6 Å². The van der Waals surface area contributed by atoms with Gasteiger partial charge in [0, 0.05) is 44.5 Å². The average molecular weight is 496 g/mol. The van der Waals surface area contributed by atoms with E-state index in [0.29, 0.717) is 68.1 Å². The Morgan fingerprint density at radius 1 is 1.08 bits per heavy atom. The summed E-state index contributed by atoms with van der Waals surface area (Å²) in [5.41, 5.74) is 1.93. The summed E-state index contributed by atoms with van der Waals surface area (Å²) in [5, 5.41) is 5.90. The molecule has 0 saturated carbocycles. The smallest absolute Gasteiger partial charge is 0.253 e. The molecule has 2 aromatic carbocycles. The van der Waals surface area contributed by atoms with Gasteiger partial charge >= 0.3 is 0 Å². The van der Waals surface area contributed by atoms with Gasteiger partial charge in [-0.15, -0.1) is 0 Å². The topological polar surface area (TPSA) is 106 Å². The van der Waals surface area contributed by atoms with Gasteiger partial charge in [-0.2, -0.15) is 0 Å². The van der Waals surface area contributed by atoms with E-state index in [1.54, 1.807) is 36.3 Å². The van der Waals surface area contributed by atoms with Crippen molar-refractivity contribution in [1.29, 1.82) is 0 Å². The molecule has 1 atom stereocenters. The summed E-state index contributed by atoms with van der Waals surface area (Å²) in [6, 6.07) is 11.8. The van der Waals surface area contributed by atoms with E-state index in [0.717, 1.165) is 5.56 Å². The molecule has 1 fully saturated rings. The van der Waals surface area contributed by atoms with E-state index in [1.807, 2.05) is 25.1 Å². The normalized spacial score (nSPS) is 15.9.